The minimum Gasteiger partial charge on any atom is -0.476 e. The molecule has 2 amide bonds. The summed E-state index contributed by atoms with van der Waals surface area (Å²) in [4.78, 5) is 40.7. The number of piperidine rings is 1. The van der Waals surface area contributed by atoms with Crippen LogP contribution in [0.2, 0.25) is 0 Å². The SMILES string of the molecule is CCC(=O)N1CCCC[C@@H]1C(=O)NCCc1nc(C(=O)O)cs1. The molecular weight excluding hydrogens is 318 g/mol. The lowest BCUT2D eigenvalue weighted by Crippen LogP contribution is -2.52. The Labute approximate surface area is 138 Å². The van der Waals surface area contributed by atoms with Crippen LogP contribution in [0.25, 0.3) is 0 Å². The zero-order valence-electron chi connectivity index (χ0n) is 13.1. The first-order valence-corrected chi connectivity index (χ1v) is 8.65. The molecular formula is C15H21N3O4S. The van der Waals surface area contributed by atoms with Crippen LogP contribution in [0.5, 0.6) is 0 Å². The molecule has 1 aromatic rings. The minimum atomic E-state index is -1.05. The summed E-state index contributed by atoms with van der Waals surface area (Å²) in [5, 5.41) is 13.8. The van der Waals surface area contributed by atoms with E-state index in [2.05, 4.69) is 10.3 Å². The zero-order valence-corrected chi connectivity index (χ0v) is 13.9. The first-order valence-electron chi connectivity index (χ1n) is 7.77. The summed E-state index contributed by atoms with van der Waals surface area (Å²) in [5.74, 6) is -1.18. The molecule has 0 saturated carbocycles. The van der Waals surface area contributed by atoms with Gasteiger partial charge in [0.05, 0.1) is 5.01 Å². The highest BCUT2D eigenvalue weighted by Gasteiger charge is 2.30. The Bertz CT molecular complexity index is 587. The summed E-state index contributed by atoms with van der Waals surface area (Å²) in [7, 11) is 0. The van der Waals surface area contributed by atoms with Crippen LogP contribution in [0.1, 0.15) is 48.1 Å². The molecule has 2 N–H and O–H groups in total. The Kier molecular flexibility index (Phi) is 6.09. The molecule has 8 heteroatoms. The van der Waals surface area contributed by atoms with E-state index in [-0.39, 0.29) is 23.6 Å². The van der Waals surface area contributed by atoms with Crippen LogP contribution in [0.3, 0.4) is 0 Å². The summed E-state index contributed by atoms with van der Waals surface area (Å²) in [5.41, 5.74) is 0.0309. The van der Waals surface area contributed by atoms with Crippen molar-refractivity contribution >= 4 is 29.1 Å². The van der Waals surface area contributed by atoms with E-state index in [1.165, 1.54) is 16.7 Å². The maximum atomic E-state index is 12.3. The molecule has 2 heterocycles. The molecule has 0 aromatic carbocycles. The Balaban J connectivity index is 1.85. The van der Waals surface area contributed by atoms with E-state index in [9.17, 15) is 14.4 Å². The smallest absolute Gasteiger partial charge is 0.355 e. The molecule has 0 radical (unpaired) electrons. The number of nitrogens with zero attached hydrogens (tertiary/aromatic N) is 2. The topological polar surface area (TPSA) is 99.6 Å². The summed E-state index contributed by atoms with van der Waals surface area (Å²) >= 11 is 1.27. The molecule has 1 atom stereocenters. The molecule has 0 bridgehead atoms. The van der Waals surface area contributed by atoms with E-state index < -0.39 is 5.97 Å². The number of carboxylic acids is 1. The number of aromatic carboxylic acids is 1. The number of rotatable bonds is 6. The van der Waals surface area contributed by atoms with Crippen LogP contribution in [0.15, 0.2) is 5.38 Å². The van der Waals surface area contributed by atoms with E-state index in [1.54, 1.807) is 11.8 Å². The van der Waals surface area contributed by atoms with Gasteiger partial charge in [0.1, 0.15) is 6.04 Å². The number of carboxylic acid groups (broad SMARTS) is 1. The number of amides is 2. The second kappa shape index (κ2) is 8.05. The van der Waals surface area contributed by atoms with Crippen molar-refractivity contribution in [2.45, 2.75) is 45.1 Å². The van der Waals surface area contributed by atoms with Crippen molar-refractivity contribution in [1.29, 1.82) is 0 Å². The Morgan fingerprint density at radius 3 is 2.87 bits per heavy atom. The number of thiazole rings is 1. The largest absolute Gasteiger partial charge is 0.476 e. The highest BCUT2D eigenvalue weighted by Crippen LogP contribution is 2.18. The monoisotopic (exact) mass is 339 g/mol. The number of carbonyl (C=O) groups is 3. The van der Waals surface area contributed by atoms with Crippen molar-refractivity contribution in [3.8, 4) is 0 Å². The lowest BCUT2D eigenvalue weighted by atomic mass is 10.0. The molecule has 1 fully saturated rings. The third kappa shape index (κ3) is 4.51. The quantitative estimate of drug-likeness (QED) is 0.813. The van der Waals surface area contributed by atoms with Gasteiger partial charge in [0.2, 0.25) is 11.8 Å². The van der Waals surface area contributed by atoms with Gasteiger partial charge >= 0.3 is 5.97 Å². The number of hydrogen-bond donors (Lipinski definition) is 2. The highest BCUT2D eigenvalue weighted by molar-refractivity contribution is 7.09. The average Bonchev–Trinajstić information content (AvgIpc) is 3.03. The molecule has 0 aliphatic carbocycles. The van der Waals surface area contributed by atoms with Gasteiger partial charge in [-0.2, -0.15) is 0 Å². The van der Waals surface area contributed by atoms with Gasteiger partial charge in [-0.05, 0) is 19.3 Å². The predicted octanol–water partition coefficient (Wildman–Crippen LogP) is 1.29. The van der Waals surface area contributed by atoms with E-state index >= 15 is 0 Å². The highest BCUT2D eigenvalue weighted by atomic mass is 32.1. The van der Waals surface area contributed by atoms with Crippen LogP contribution >= 0.6 is 11.3 Å². The van der Waals surface area contributed by atoms with Crippen molar-refractivity contribution in [3.63, 3.8) is 0 Å². The third-order valence-corrected chi connectivity index (χ3v) is 4.75. The molecule has 1 saturated heterocycles. The second-order valence-corrected chi connectivity index (χ2v) is 6.37. The number of likely N-dealkylation sites (tertiary alicyclic amines) is 1. The van der Waals surface area contributed by atoms with Crippen molar-refractivity contribution in [2.24, 2.45) is 0 Å². The van der Waals surface area contributed by atoms with Crippen LogP contribution in [-0.2, 0) is 16.0 Å². The summed E-state index contributed by atoms with van der Waals surface area (Å²) in [6, 6.07) is -0.387. The molecule has 1 aromatic heterocycles. The second-order valence-electron chi connectivity index (χ2n) is 5.42. The van der Waals surface area contributed by atoms with Crippen molar-refractivity contribution in [2.75, 3.05) is 13.1 Å². The van der Waals surface area contributed by atoms with Gasteiger partial charge in [0.15, 0.2) is 5.69 Å². The maximum absolute atomic E-state index is 12.3. The Morgan fingerprint density at radius 1 is 1.43 bits per heavy atom. The lowest BCUT2D eigenvalue weighted by Gasteiger charge is -2.34. The minimum absolute atomic E-state index is 0.0101. The number of hydrogen-bond acceptors (Lipinski definition) is 5. The maximum Gasteiger partial charge on any atom is 0.355 e. The summed E-state index contributed by atoms with van der Waals surface area (Å²) in [6.45, 7) is 2.82. The van der Waals surface area contributed by atoms with Gasteiger partial charge in [0, 0.05) is 31.3 Å². The van der Waals surface area contributed by atoms with Crippen molar-refractivity contribution in [1.82, 2.24) is 15.2 Å². The van der Waals surface area contributed by atoms with Gasteiger partial charge in [-0.15, -0.1) is 11.3 Å². The standard InChI is InChI=1S/C15H21N3O4S/c1-2-13(19)18-8-4-3-5-11(18)14(20)16-7-6-12-17-10(9-23-12)15(21)22/h9,11H,2-8H2,1H3,(H,16,20)(H,21,22)/t11-/m1/s1. The van der Waals surface area contributed by atoms with Crippen LogP contribution < -0.4 is 5.32 Å². The van der Waals surface area contributed by atoms with E-state index in [0.29, 0.717) is 37.4 Å². The predicted molar refractivity (Wildman–Crippen MR) is 85.4 cm³/mol. The molecule has 7 nitrogen and oxygen atoms in total. The molecule has 1 aliphatic rings. The fourth-order valence-electron chi connectivity index (χ4n) is 2.64. The first-order chi connectivity index (χ1) is 11.0. The number of aromatic nitrogens is 1. The summed E-state index contributed by atoms with van der Waals surface area (Å²) < 4.78 is 0. The average molecular weight is 339 g/mol. The van der Waals surface area contributed by atoms with Gasteiger partial charge in [-0.3, -0.25) is 9.59 Å². The molecule has 0 unspecified atom stereocenters. The summed E-state index contributed by atoms with van der Waals surface area (Å²) in [6.07, 6.45) is 3.46. The first kappa shape index (κ1) is 17.4. The number of nitrogens with one attached hydrogen (secondary N) is 1. The van der Waals surface area contributed by atoms with Gasteiger partial charge < -0.3 is 15.3 Å². The van der Waals surface area contributed by atoms with Crippen LogP contribution in [0, 0.1) is 0 Å². The fourth-order valence-corrected chi connectivity index (χ4v) is 3.41. The van der Waals surface area contributed by atoms with E-state index in [0.717, 1.165) is 12.8 Å². The van der Waals surface area contributed by atoms with Crippen LogP contribution in [-0.4, -0.2) is 51.9 Å². The third-order valence-electron chi connectivity index (χ3n) is 3.84. The molecule has 23 heavy (non-hydrogen) atoms. The van der Waals surface area contributed by atoms with Crippen LogP contribution in [0.4, 0.5) is 0 Å². The van der Waals surface area contributed by atoms with Gasteiger partial charge in [-0.1, -0.05) is 6.92 Å². The zero-order chi connectivity index (χ0) is 16.8. The van der Waals surface area contributed by atoms with E-state index in [1.807, 2.05) is 0 Å². The Morgan fingerprint density at radius 2 is 2.22 bits per heavy atom. The normalized spacial score (nSPS) is 17.8. The van der Waals surface area contributed by atoms with Gasteiger partial charge in [-0.25, -0.2) is 9.78 Å². The van der Waals surface area contributed by atoms with Crippen molar-refractivity contribution < 1.29 is 19.5 Å². The lowest BCUT2D eigenvalue weighted by molar-refractivity contribution is -0.142. The Hall–Kier alpha value is -1.96. The molecule has 2 rings (SSSR count). The molecule has 0 spiro atoms. The van der Waals surface area contributed by atoms with Gasteiger partial charge in [0.25, 0.3) is 0 Å². The number of carbonyl (C=O) groups excluding carboxylic acids is 2. The fraction of sp³-hybridized carbons (Fsp3) is 0.600. The molecule has 126 valence electrons. The molecule has 1 aliphatic heterocycles. The van der Waals surface area contributed by atoms with E-state index in [4.69, 9.17) is 5.11 Å². The van der Waals surface area contributed by atoms with Crippen molar-refractivity contribution in [3.05, 3.63) is 16.1 Å².